The van der Waals surface area contributed by atoms with E-state index in [1.807, 2.05) is 0 Å². The summed E-state index contributed by atoms with van der Waals surface area (Å²) < 4.78 is 11.5. The SMILES string of the molecule is CC(CO)N(C(=O)c1ccc(Oc2cc3c(cc2Cl)C(C(=O)[O-])CCO3)cc1)c1ccc(Cl)cc1.[Na+]. The number of hydrogen-bond acceptors (Lipinski definition) is 6. The smallest absolute Gasteiger partial charge is 0.549 e. The number of anilines is 1. The van der Waals surface area contributed by atoms with Crippen molar-refractivity contribution in [2.75, 3.05) is 18.1 Å². The fourth-order valence-electron chi connectivity index (χ4n) is 3.90. The second kappa shape index (κ2) is 12.3. The van der Waals surface area contributed by atoms with Gasteiger partial charge in [-0.1, -0.05) is 23.2 Å². The van der Waals surface area contributed by atoms with E-state index >= 15 is 0 Å². The number of hydrogen-bond donors (Lipinski definition) is 1. The number of carbonyl (C=O) groups excluding carboxylic acids is 2. The van der Waals surface area contributed by atoms with E-state index in [2.05, 4.69) is 0 Å². The van der Waals surface area contributed by atoms with Gasteiger partial charge >= 0.3 is 29.6 Å². The largest absolute Gasteiger partial charge is 1.00 e. The molecule has 1 aliphatic heterocycles. The van der Waals surface area contributed by atoms with Crippen LogP contribution in [-0.2, 0) is 4.79 Å². The molecule has 2 unspecified atom stereocenters. The summed E-state index contributed by atoms with van der Waals surface area (Å²) in [6.07, 6.45) is 0.309. The van der Waals surface area contributed by atoms with Gasteiger partial charge in [0.25, 0.3) is 5.91 Å². The van der Waals surface area contributed by atoms with Crippen LogP contribution in [-0.4, -0.2) is 36.2 Å². The van der Waals surface area contributed by atoms with Crippen molar-refractivity contribution in [1.82, 2.24) is 0 Å². The van der Waals surface area contributed by atoms with Crippen molar-refractivity contribution in [2.45, 2.75) is 25.3 Å². The third kappa shape index (κ3) is 6.17. The zero-order chi connectivity index (χ0) is 25.1. The molecule has 1 aliphatic rings. The Morgan fingerprint density at radius 2 is 1.81 bits per heavy atom. The Labute approximate surface area is 240 Å². The van der Waals surface area contributed by atoms with Gasteiger partial charge < -0.3 is 29.4 Å². The first-order chi connectivity index (χ1) is 16.8. The normalized spacial score (nSPS) is 15.1. The van der Waals surface area contributed by atoms with Crippen LogP contribution >= 0.6 is 23.2 Å². The molecule has 0 saturated carbocycles. The summed E-state index contributed by atoms with van der Waals surface area (Å²) in [6, 6.07) is 15.9. The molecule has 2 atom stereocenters. The molecule has 10 heteroatoms. The molecule has 3 aromatic rings. The Kier molecular flexibility index (Phi) is 9.69. The zero-order valence-electron chi connectivity index (χ0n) is 19.7. The molecule has 0 fully saturated rings. The zero-order valence-corrected chi connectivity index (χ0v) is 23.3. The van der Waals surface area contributed by atoms with Crippen LogP contribution in [0.25, 0.3) is 0 Å². The molecule has 0 aliphatic carbocycles. The van der Waals surface area contributed by atoms with E-state index in [-0.39, 0.29) is 53.7 Å². The molecular weight excluding hydrogens is 516 g/mol. The molecule has 1 heterocycles. The molecule has 0 saturated heterocycles. The summed E-state index contributed by atoms with van der Waals surface area (Å²) in [5.74, 6) is -1.17. The van der Waals surface area contributed by atoms with Crippen LogP contribution in [0.5, 0.6) is 17.2 Å². The van der Waals surface area contributed by atoms with Crippen molar-refractivity contribution in [3.05, 3.63) is 81.8 Å². The van der Waals surface area contributed by atoms with Gasteiger partial charge in [-0.3, -0.25) is 4.79 Å². The number of benzene rings is 3. The van der Waals surface area contributed by atoms with Crippen LogP contribution in [0.1, 0.15) is 35.2 Å². The molecule has 0 spiro atoms. The number of rotatable bonds is 7. The number of carboxylic acid groups (broad SMARTS) is 1. The van der Waals surface area contributed by atoms with Gasteiger partial charge in [-0.25, -0.2) is 0 Å². The number of carbonyl (C=O) groups is 2. The predicted octanol–water partition coefficient (Wildman–Crippen LogP) is 1.43. The molecule has 3 aromatic carbocycles. The van der Waals surface area contributed by atoms with Crippen molar-refractivity contribution in [3.63, 3.8) is 0 Å². The van der Waals surface area contributed by atoms with Crippen molar-refractivity contribution >= 4 is 40.8 Å². The Morgan fingerprint density at radius 1 is 1.14 bits per heavy atom. The van der Waals surface area contributed by atoms with Crippen LogP contribution in [0.4, 0.5) is 5.69 Å². The van der Waals surface area contributed by atoms with Crippen LogP contribution < -0.4 is 49.0 Å². The number of halogens is 2. The summed E-state index contributed by atoms with van der Waals surface area (Å²) >= 11 is 12.3. The summed E-state index contributed by atoms with van der Waals surface area (Å²) in [5.41, 5.74) is 1.45. The van der Waals surface area contributed by atoms with E-state index in [1.165, 1.54) is 11.0 Å². The minimum atomic E-state index is -1.18. The topological polar surface area (TPSA) is 99.1 Å². The van der Waals surface area contributed by atoms with E-state index in [9.17, 15) is 19.8 Å². The fourth-order valence-corrected chi connectivity index (χ4v) is 4.24. The van der Waals surface area contributed by atoms with Gasteiger partial charge in [0.15, 0.2) is 0 Å². The Bertz CT molecular complexity index is 1240. The summed E-state index contributed by atoms with van der Waals surface area (Å²) in [7, 11) is 0. The fraction of sp³-hybridized carbons (Fsp3) is 0.231. The first kappa shape index (κ1) is 28.3. The average Bonchev–Trinajstić information content (AvgIpc) is 2.85. The minimum Gasteiger partial charge on any atom is -0.549 e. The van der Waals surface area contributed by atoms with Gasteiger partial charge in [0, 0.05) is 39.8 Å². The average molecular weight is 538 g/mol. The van der Waals surface area contributed by atoms with Gasteiger partial charge in [0.05, 0.1) is 24.3 Å². The Hall–Kier alpha value is -2.26. The van der Waals surface area contributed by atoms with Crippen molar-refractivity contribution in [2.24, 2.45) is 0 Å². The van der Waals surface area contributed by atoms with Crippen LogP contribution in [0.3, 0.4) is 0 Å². The van der Waals surface area contributed by atoms with Crippen LogP contribution in [0.15, 0.2) is 60.7 Å². The number of aliphatic carboxylic acids is 1. The number of fused-ring (bicyclic) bond motifs is 1. The third-order valence-electron chi connectivity index (χ3n) is 5.75. The van der Waals surface area contributed by atoms with E-state index < -0.39 is 17.9 Å². The van der Waals surface area contributed by atoms with E-state index in [4.69, 9.17) is 32.7 Å². The monoisotopic (exact) mass is 537 g/mol. The number of nitrogens with zero attached hydrogens (tertiary/aromatic N) is 1. The molecule has 36 heavy (non-hydrogen) atoms. The molecule has 4 rings (SSSR count). The van der Waals surface area contributed by atoms with E-state index in [0.29, 0.717) is 45.5 Å². The second-order valence-corrected chi connectivity index (χ2v) is 8.98. The molecule has 0 radical (unpaired) electrons. The second-order valence-electron chi connectivity index (χ2n) is 8.14. The maximum absolute atomic E-state index is 13.3. The number of aliphatic hydroxyl groups is 1. The van der Waals surface area contributed by atoms with Gasteiger partial charge in [-0.05, 0) is 67.9 Å². The number of amides is 1. The Balaban J connectivity index is 0.00000361. The standard InChI is InChI=1S/C26H23Cl2NO6.Na/c1-15(14-30)29(18-6-4-17(27)5-7-18)25(31)16-2-8-19(9-3-16)35-24-13-23-21(12-22(24)28)20(26(32)33)10-11-34-23;/h2-9,12-13,15,20,30H,10-11,14H2,1H3,(H,32,33);/q;+1/p-1. The summed E-state index contributed by atoms with van der Waals surface area (Å²) in [6.45, 7) is 1.78. The molecule has 1 amide bonds. The molecule has 7 nitrogen and oxygen atoms in total. The molecular formula is C26H22Cl2NNaO6. The van der Waals surface area contributed by atoms with E-state index in [1.54, 1.807) is 61.5 Å². The molecule has 0 aromatic heterocycles. The minimum absolute atomic E-state index is 0. The number of carboxylic acids is 1. The van der Waals surface area contributed by atoms with Crippen molar-refractivity contribution < 1.29 is 58.8 Å². The van der Waals surface area contributed by atoms with Gasteiger partial charge in [-0.2, -0.15) is 0 Å². The quantitative estimate of drug-likeness (QED) is 0.458. The number of aliphatic hydroxyl groups excluding tert-OH is 1. The van der Waals surface area contributed by atoms with Gasteiger partial charge in [0.1, 0.15) is 17.2 Å². The molecule has 1 N–H and O–H groups in total. The summed E-state index contributed by atoms with van der Waals surface area (Å²) in [4.78, 5) is 26.2. The van der Waals surface area contributed by atoms with Crippen LogP contribution in [0.2, 0.25) is 10.0 Å². The molecule has 0 bridgehead atoms. The predicted molar refractivity (Wildman–Crippen MR) is 131 cm³/mol. The maximum atomic E-state index is 13.3. The first-order valence-corrected chi connectivity index (χ1v) is 11.7. The van der Waals surface area contributed by atoms with Crippen molar-refractivity contribution in [1.29, 1.82) is 0 Å². The van der Waals surface area contributed by atoms with Crippen LogP contribution in [0, 0.1) is 0 Å². The third-order valence-corrected chi connectivity index (χ3v) is 6.29. The van der Waals surface area contributed by atoms with Crippen molar-refractivity contribution in [3.8, 4) is 17.2 Å². The maximum Gasteiger partial charge on any atom is 1.00 e. The van der Waals surface area contributed by atoms with E-state index in [0.717, 1.165) is 0 Å². The first-order valence-electron chi connectivity index (χ1n) is 10.9. The number of ether oxygens (including phenoxy) is 2. The van der Waals surface area contributed by atoms with Gasteiger partial charge in [-0.15, -0.1) is 0 Å². The summed E-state index contributed by atoms with van der Waals surface area (Å²) in [5, 5.41) is 21.9. The Morgan fingerprint density at radius 3 is 2.42 bits per heavy atom. The molecule has 182 valence electrons. The van der Waals surface area contributed by atoms with Gasteiger partial charge in [0.2, 0.25) is 0 Å².